The van der Waals surface area contributed by atoms with Crippen LogP contribution in [0.1, 0.15) is 6.42 Å². The van der Waals surface area contributed by atoms with Crippen LogP contribution in [0, 0.1) is 11.8 Å². The van der Waals surface area contributed by atoms with Gasteiger partial charge >= 0.3 is 5.97 Å². The Bertz CT molecular complexity index is 180. The summed E-state index contributed by atoms with van der Waals surface area (Å²) < 4.78 is 4.62. The highest BCUT2D eigenvalue weighted by atomic mass is 16.5. The lowest BCUT2D eigenvalue weighted by atomic mass is 10.2. The molecule has 0 rings (SSSR count). The van der Waals surface area contributed by atoms with Gasteiger partial charge in [-0.1, -0.05) is 11.8 Å². The highest BCUT2D eigenvalue weighted by Gasteiger charge is 2.07. The van der Waals surface area contributed by atoms with E-state index in [9.17, 15) is 4.79 Å². The zero-order chi connectivity index (χ0) is 8.69. The lowest BCUT2D eigenvalue weighted by Crippen LogP contribution is -2.29. The fraction of sp³-hybridized carbons (Fsp3) is 0.571. The van der Waals surface area contributed by atoms with Crippen molar-refractivity contribution < 1.29 is 14.6 Å². The minimum absolute atomic E-state index is 0.165. The van der Waals surface area contributed by atoms with Crippen molar-refractivity contribution in [2.45, 2.75) is 12.5 Å². The van der Waals surface area contributed by atoms with Crippen molar-refractivity contribution in [3.63, 3.8) is 0 Å². The summed E-state index contributed by atoms with van der Waals surface area (Å²) in [5.74, 6) is 4.16. The number of carboxylic acid groups (broad SMARTS) is 1. The Labute approximate surface area is 65.3 Å². The summed E-state index contributed by atoms with van der Waals surface area (Å²) in [6.45, 7) is 0.312. The number of nitrogens with two attached hydrogens (primary N) is 1. The van der Waals surface area contributed by atoms with E-state index in [0.29, 0.717) is 6.61 Å². The second-order valence-electron chi connectivity index (χ2n) is 1.94. The van der Waals surface area contributed by atoms with Crippen LogP contribution in [0.3, 0.4) is 0 Å². The standard InChI is InChI=1S/C7H11NO3/c1-11-5-3-2-4-6(8)7(9)10/h6H,4-5,8H2,1H3,(H,9,10)/t6-/m1/s1. The van der Waals surface area contributed by atoms with Crippen molar-refractivity contribution in [2.24, 2.45) is 5.73 Å². The molecule has 0 unspecified atom stereocenters. The molecule has 0 fully saturated rings. The highest BCUT2D eigenvalue weighted by Crippen LogP contribution is 1.84. The third-order valence-electron chi connectivity index (χ3n) is 0.981. The summed E-state index contributed by atoms with van der Waals surface area (Å²) in [6, 6.07) is -0.889. The summed E-state index contributed by atoms with van der Waals surface area (Å²) >= 11 is 0. The Morgan fingerprint density at radius 3 is 2.82 bits per heavy atom. The maximum Gasteiger partial charge on any atom is 0.321 e. The van der Waals surface area contributed by atoms with Crippen LogP contribution < -0.4 is 5.73 Å². The Balaban J connectivity index is 3.55. The van der Waals surface area contributed by atoms with Crippen molar-refractivity contribution in [1.82, 2.24) is 0 Å². The van der Waals surface area contributed by atoms with E-state index >= 15 is 0 Å². The minimum atomic E-state index is -1.03. The average molecular weight is 157 g/mol. The molecule has 0 saturated heterocycles. The molecule has 0 bridgehead atoms. The number of carboxylic acids is 1. The number of hydrogen-bond donors (Lipinski definition) is 2. The lowest BCUT2D eigenvalue weighted by Gasteiger charge is -1.97. The van der Waals surface area contributed by atoms with Crippen molar-refractivity contribution in [1.29, 1.82) is 0 Å². The molecule has 3 N–H and O–H groups in total. The largest absolute Gasteiger partial charge is 0.480 e. The molecule has 0 aliphatic rings. The number of hydrogen-bond acceptors (Lipinski definition) is 3. The zero-order valence-electron chi connectivity index (χ0n) is 6.33. The van der Waals surface area contributed by atoms with Crippen LogP contribution in [0.15, 0.2) is 0 Å². The van der Waals surface area contributed by atoms with Crippen LogP contribution in [-0.2, 0) is 9.53 Å². The number of ether oxygens (including phenoxy) is 1. The van der Waals surface area contributed by atoms with E-state index in [4.69, 9.17) is 10.8 Å². The van der Waals surface area contributed by atoms with Crippen molar-refractivity contribution in [3.8, 4) is 11.8 Å². The fourth-order valence-corrected chi connectivity index (χ4v) is 0.393. The highest BCUT2D eigenvalue weighted by molar-refractivity contribution is 5.73. The molecule has 11 heavy (non-hydrogen) atoms. The average Bonchev–Trinajstić information content (AvgIpc) is 1.97. The Morgan fingerprint density at radius 2 is 2.36 bits per heavy atom. The maximum absolute atomic E-state index is 10.1. The lowest BCUT2D eigenvalue weighted by molar-refractivity contribution is -0.138. The van der Waals surface area contributed by atoms with E-state index in [1.807, 2.05) is 0 Å². The summed E-state index contributed by atoms with van der Waals surface area (Å²) in [4.78, 5) is 10.1. The molecule has 4 nitrogen and oxygen atoms in total. The molecular weight excluding hydrogens is 146 g/mol. The van der Waals surface area contributed by atoms with Crippen LogP contribution in [-0.4, -0.2) is 30.8 Å². The van der Waals surface area contributed by atoms with E-state index in [2.05, 4.69) is 16.6 Å². The van der Waals surface area contributed by atoms with Crippen LogP contribution >= 0.6 is 0 Å². The SMILES string of the molecule is COCC#CC[C@@H](N)C(=O)O. The van der Waals surface area contributed by atoms with Gasteiger partial charge in [0.2, 0.25) is 0 Å². The van der Waals surface area contributed by atoms with Crippen LogP contribution in [0.25, 0.3) is 0 Å². The Hall–Kier alpha value is -1.05. The Kier molecular flexibility index (Phi) is 5.17. The molecule has 0 aromatic carbocycles. The van der Waals surface area contributed by atoms with Gasteiger partial charge in [0.25, 0.3) is 0 Å². The fourth-order valence-electron chi connectivity index (χ4n) is 0.393. The van der Waals surface area contributed by atoms with Gasteiger partial charge in [-0.25, -0.2) is 0 Å². The monoisotopic (exact) mass is 157 g/mol. The zero-order valence-corrected chi connectivity index (χ0v) is 6.33. The topological polar surface area (TPSA) is 72.5 Å². The maximum atomic E-state index is 10.1. The minimum Gasteiger partial charge on any atom is -0.480 e. The van der Waals surface area contributed by atoms with Crippen LogP contribution in [0.5, 0.6) is 0 Å². The molecular formula is C7H11NO3. The normalized spacial score (nSPS) is 11.5. The van der Waals surface area contributed by atoms with Gasteiger partial charge in [-0.2, -0.15) is 0 Å². The first-order chi connectivity index (χ1) is 5.18. The first-order valence-corrected chi connectivity index (χ1v) is 3.11. The third-order valence-corrected chi connectivity index (χ3v) is 0.981. The molecule has 0 aromatic rings. The summed E-state index contributed by atoms with van der Waals surface area (Å²) in [7, 11) is 1.52. The van der Waals surface area contributed by atoms with E-state index < -0.39 is 12.0 Å². The third kappa shape index (κ3) is 5.40. The molecule has 1 atom stereocenters. The van der Waals surface area contributed by atoms with Crippen molar-refractivity contribution in [2.75, 3.05) is 13.7 Å². The predicted molar refractivity (Wildman–Crippen MR) is 39.9 cm³/mol. The van der Waals surface area contributed by atoms with Crippen LogP contribution in [0.2, 0.25) is 0 Å². The first-order valence-electron chi connectivity index (χ1n) is 3.11. The molecule has 0 heterocycles. The molecule has 0 aromatic heterocycles. The molecule has 0 radical (unpaired) electrons. The summed E-state index contributed by atoms with van der Waals surface area (Å²) in [5.41, 5.74) is 5.16. The van der Waals surface area contributed by atoms with Gasteiger partial charge in [0.1, 0.15) is 12.6 Å². The molecule has 4 heteroatoms. The molecule has 0 amide bonds. The van der Waals surface area contributed by atoms with Gasteiger partial charge in [0, 0.05) is 13.5 Å². The second-order valence-corrected chi connectivity index (χ2v) is 1.94. The predicted octanol–water partition coefficient (Wildman–Crippen LogP) is -0.562. The number of aliphatic carboxylic acids is 1. The van der Waals surface area contributed by atoms with Crippen molar-refractivity contribution in [3.05, 3.63) is 0 Å². The van der Waals surface area contributed by atoms with E-state index in [1.54, 1.807) is 0 Å². The molecule has 0 spiro atoms. The van der Waals surface area contributed by atoms with Crippen LogP contribution in [0.4, 0.5) is 0 Å². The molecule has 0 saturated carbocycles. The Morgan fingerprint density at radius 1 is 1.73 bits per heavy atom. The van der Waals surface area contributed by atoms with E-state index in [1.165, 1.54) is 7.11 Å². The van der Waals surface area contributed by atoms with Gasteiger partial charge in [0.05, 0.1) is 0 Å². The number of methoxy groups -OCH3 is 1. The quantitative estimate of drug-likeness (QED) is 0.538. The van der Waals surface area contributed by atoms with E-state index in [-0.39, 0.29) is 6.42 Å². The summed E-state index contributed by atoms with van der Waals surface area (Å²) in [5, 5.41) is 8.31. The first kappa shape index (κ1) is 9.95. The smallest absolute Gasteiger partial charge is 0.321 e. The van der Waals surface area contributed by atoms with Gasteiger partial charge in [-0.3, -0.25) is 4.79 Å². The van der Waals surface area contributed by atoms with Gasteiger partial charge in [0.15, 0.2) is 0 Å². The summed E-state index contributed by atoms with van der Waals surface area (Å²) in [6.07, 6.45) is 0.165. The molecule has 0 aliphatic heterocycles. The van der Waals surface area contributed by atoms with Gasteiger partial charge in [-0.05, 0) is 0 Å². The van der Waals surface area contributed by atoms with Crippen molar-refractivity contribution >= 4 is 5.97 Å². The number of carbonyl (C=O) groups is 1. The van der Waals surface area contributed by atoms with Gasteiger partial charge < -0.3 is 15.6 Å². The second kappa shape index (κ2) is 5.71. The molecule has 0 aliphatic carbocycles. The van der Waals surface area contributed by atoms with E-state index in [0.717, 1.165) is 0 Å². The van der Waals surface area contributed by atoms with Gasteiger partial charge in [-0.15, -0.1) is 0 Å². The molecule has 62 valence electrons. The number of rotatable bonds is 3.